The van der Waals surface area contributed by atoms with Gasteiger partial charge in [0.05, 0.1) is 37.8 Å². The molecule has 0 radical (unpaired) electrons. The fourth-order valence-electron chi connectivity index (χ4n) is 6.91. The quantitative estimate of drug-likeness (QED) is 0.0361. The van der Waals surface area contributed by atoms with Crippen LogP contribution in [-0.4, -0.2) is 202 Å². The highest BCUT2D eigenvalue weighted by Crippen LogP contribution is 2.19. The summed E-state index contributed by atoms with van der Waals surface area (Å²) in [4.78, 5) is 93.4. The van der Waals surface area contributed by atoms with E-state index < -0.39 is 48.8 Å². The number of nitrogens with zero attached hydrogens (tertiary/aromatic N) is 5. The number of carboxylic acids is 3. The highest BCUT2D eigenvalue weighted by atomic mass is 16.4. The van der Waals surface area contributed by atoms with Crippen molar-refractivity contribution in [2.24, 2.45) is 0 Å². The predicted molar refractivity (Wildman–Crippen MR) is 215 cm³/mol. The van der Waals surface area contributed by atoms with Crippen LogP contribution in [0.1, 0.15) is 62.2 Å². The van der Waals surface area contributed by atoms with E-state index >= 15 is 0 Å². The Hall–Kier alpha value is -4.87. The molecule has 4 amide bonds. The maximum absolute atomic E-state index is 12.9. The molecule has 0 bridgehead atoms. The van der Waals surface area contributed by atoms with E-state index in [1.54, 1.807) is 45.9 Å². The normalized spacial score (nSPS) is 18.2. The Balaban J connectivity index is 1.34. The lowest BCUT2D eigenvalue weighted by molar-refractivity contribution is -0.140. The number of anilines is 1. The maximum atomic E-state index is 12.9. The Labute approximate surface area is 344 Å². The van der Waals surface area contributed by atoms with Crippen molar-refractivity contribution in [1.29, 1.82) is 0 Å². The lowest BCUT2D eigenvalue weighted by Crippen LogP contribution is -2.52. The van der Waals surface area contributed by atoms with Crippen molar-refractivity contribution < 1.29 is 58.9 Å². The summed E-state index contributed by atoms with van der Waals surface area (Å²) in [6, 6.07) is 5.43. The van der Waals surface area contributed by atoms with Gasteiger partial charge < -0.3 is 40.9 Å². The van der Waals surface area contributed by atoms with E-state index in [9.17, 15) is 58.9 Å². The van der Waals surface area contributed by atoms with Gasteiger partial charge >= 0.3 is 25.0 Å². The first-order chi connectivity index (χ1) is 28.1. The van der Waals surface area contributed by atoms with Crippen molar-refractivity contribution in [3.05, 3.63) is 29.8 Å². The van der Waals surface area contributed by atoms with Crippen LogP contribution in [-0.2, 0) is 28.8 Å². The van der Waals surface area contributed by atoms with Gasteiger partial charge in [-0.3, -0.25) is 64.0 Å². The molecule has 0 spiro atoms. The molecule has 0 aromatic heterocycles. The molecule has 3 rings (SSSR count). The third kappa shape index (κ3) is 18.7. The number of aliphatic carboxylic acids is 3. The zero-order chi connectivity index (χ0) is 43.3. The Morgan fingerprint density at radius 3 is 1.66 bits per heavy atom. The van der Waals surface area contributed by atoms with Gasteiger partial charge in [-0.25, -0.2) is 0 Å². The average molecular weight is 834 g/mol. The number of carboxylic acid groups (broad SMARTS) is 3. The highest BCUT2D eigenvalue weighted by molar-refractivity contribution is 6.43. The van der Waals surface area contributed by atoms with Crippen molar-refractivity contribution >= 4 is 54.3 Å². The lowest BCUT2D eigenvalue weighted by Gasteiger charge is -2.32. The van der Waals surface area contributed by atoms with E-state index in [1.807, 2.05) is 4.90 Å². The topological polar surface area (TPSA) is 285 Å². The van der Waals surface area contributed by atoms with Gasteiger partial charge in [0.15, 0.2) is 0 Å². The van der Waals surface area contributed by atoms with Crippen LogP contribution >= 0.6 is 0 Å². The number of hydrogen-bond acceptors (Lipinski definition) is 14. The number of carbonyl (C=O) groups is 7. The van der Waals surface area contributed by atoms with Crippen molar-refractivity contribution in [3.63, 3.8) is 0 Å². The molecule has 0 saturated carbocycles. The van der Waals surface area contributed by atoms with Gasteiger partial charge in [0, 0.05) is 77.4 Å². The number of hydrazine groups is 1. The number of amides is 4. The summed E-state index contributed by atoms with van der Waals surface area (Å²) < 4.78 is 0. The van der Waals surface area contributed by atoms with E-state index in [-0.39, 0.29) is 57.5 Å². The van der Waals surface area contributed by atoms with Gasteiger partial charge in [0.25, 0.3) is 5.91 Å². The molecular weight excluding hydrogens is 773 g/mol. The van der Waals surface area contributed by atoms with E-state index in [1.165, 1.54) is 4.90 Å². The summed E-state index contributed by atoms with van der Waals surface area (Å²) in [7, 11) is -1.64. The van der Waals surface area contributed by atoms with E-state index in [2.05, 4.69) is 21.5 Å². The number of hydrogen-bond donors (Lipinski definition) is 9. The van der Waals surface area contributed by atoms with Gasteiger partial charge in [0.2, 0.25) is 17.7 Å². The van der Waals surface area contributed by atoms with Crippen LogP contribution in [0.25, 0.3) is 0 Å². The zero-order valence-corrected chi connectivity index (χ0v) is 33.7. The fraction of sp³-hybridized carbons (Fsp3) is 0.649. The number of rotatable bonds is 21. The smallest absolute Gasteiger partial charge is 0.475 e. The molecule has 2 aliphatic heterocycles. The maximum Gasteiger partial charge on any atom is 0.475 e. The van der Waals surface area contributed by atoms with Crippen LogP contribution < -0.4 is 21.5 Å². The minimum atomic E-state index is -1.64. The minimum absolute atomic E-state index is 0.0358. The Morgan fingerprint density at radius 2 is 1.17 bits per heavy atom. The van der Waals surface area contributed by atoms with Crippen molar-refractivity contribution in [2.75, 3.05) is 97.1 Å². The first-order valence-corrected chi connectivity index (χ1v) is 20.0. The Kier molecular flexibility index (Phi) is 21.0. The largest absolute Gasteiger partial charge is 0.480 e. The molecule has 2 atom stereocenters. The van der Waals surface area contributed by atoms with Crippen molar-refractivity contribution in [1.82, 2.24) is 40.6 Å². The van der Waals surface area contributed by atoms with Crippen LogP contribution in [0.4, 0.5) is 5.69 Å². The summed E-state index contributed by atoms with van der Waals surface area (Å²) in [6.45, 7) is 4.14. The summed E-state index contributed by atoms with van der Waals surface area (Å²) in [6.07, 6.45) is 4.22. The number of unbranched alkanes of at least 4 members (excludes halogenated alkanes) is 3. The Bertz CT molecular complexity index is 1520. The van der Waals surface area contributed by atoms with Crippen molar-refractivity contribution in [3.8, 4) is 0 Å². The van der Waals surface area contributed by atoms with Crippen molar-refractivity contribution in [2.45, 2.75) is 63.9 Å². The molecule has 1 aromatic carbocycles. The van der Waals surface area contributed by atoms with E-state index in [0.717, 1.165) is 12.8 Å². The number of benzene rings is 1. The van der Waals surface area contributed by atoms with Crippen LogP contribution in [0.5, 0.6) is 0 Å². The molecule has 0 unspecified atom stereocenters. The highest BCUT2D eigenvalue weighted by Gasteiger charge is 2.38. The second-order valence-electron chi connectivity index (χ2n) is 14.9. The molecule has 2 saturated heterocycles. The minimum Gasteiger partial charge on any atom is -0.480 e. The molecule has 1 aromatic rings. The molecule has 2 aliphatic rings. The van der Waals surface area contributed by atoms with Crippen LogP contribution in [0.3, 0.4) is 0 Å². The summed E-state index contributed by atoms with van der Waals surface area (Å²) >= 11 is 0. The summed E-state index contributed by atoms with van der Waals surface area (Å²) in [5.74, 6) is -5.09. The standard InChI is InChI=1S/C37H60BN9O12/c1-27(37(57)47-14-6-7-30(47)38(58)59)40-36(56)28-9-11-29(12-10-28)41-42-31(48)8-4-2-3-5-13-39-32(49)23-43-15-17-44(24-33(50)51)19-21-46(26-35(54)55)22-20-45(18-16-43)25-34(52)53/h9-12,27,30,41,58-59H,2-8,13-26H2,1H3,(H,39,49)(H,40,56)(H,42,48)(H,50,51)(H,52,53)(H,54,55)/t27-,30+/m1/s1. The van der Waals surface area contributed by atoms with E-state index in [0.29, 0.717) is 89.3 Å². The second kappa shape index (κ2) is 25.6. The summed E-state index contributed by atoms with van der Waals surface area (Å²) in [5, 5.41) is 52.8. The first-order valence-electron chi connectivity index (χ1n) is 20.0. The second-order valence-corrected chi connectivity index (χ2v) is 14.9. The number of likely N-dealkylation sites (tertiary alicyclic amines) is 1. The third-order valence-corrected chi connectivity index (χ3v) is 10.2. The molecule has 9 N–H and O–H groups in total. The molecule has 22 heteroatoms. The molecular formula is C37H60BN9O12. The SMILES string of the molecule is C[C@@H](NC(=O)c1ccc(NNC(=O)CCCCCCNC(=O)CN2CCN(CC(=O)O)CCN(CC(=O)O)CCN(CC(=O)O)CC2)cc1)C(=O)N1CCC[C@H]1B(O)O. The molecule has 2 heterocycles. The van der Waals surface area contributed by atoms with Crippen LogP contribution in [0.2, 0.25) is 0 Å². The molecule has 59 heavy (non-hydrogen) atoms. The number of nitrogens with one attached hydrogen (secondary N) is 4. The van der Waals surface area contributed by atoms with E-state index in [4.69, 9.17) is 0 Å². The summed E-state index contributed by atoms with van der Waals surface area (Å²) in [5.41, 5.74) is 6.27. The van der Waals surface area contributed by atoms with Gasteiger partial charge in [-0.05, 0) is 56.9 Å². The molecule has 2 fully saturated rings. The Morgan fingerprint density at radius 1 is 0.678 bits per heavy atom. The van der Waals surface area contributed by atoms with Gasteiger partial charge in [-0.15, -0.1) is 0 Å². The predicted octanol–water partition coefficient (Wildman–Crippen LogP) is -2.21. The van der Waals surface area contributed by atoms with Gasteiger partial charge in [-0.1, -0.05) is 12.8 Å². The molecule has 328 valence electrons. The lowest BCUT2D eigenvalue weighted by atomic mass is 9.78. The third-order valence-electron chi connectivity index (χ3n) is 10.2. The van der Waals surface area contributed by atoms with Crippen LogP contribution in [0, 0.1) is 0 Å². The average Bonchev–Trinajstić information content (AvgIpc) is 3.68. The van der Waals surface area contributed by atoms with Gasteiger partial charge in [0.1, 0.15) is 6.04 Å². The zero-order valence-electron chi connectivity index (χ0n) is 33.7. The van der Waals surface area contributed by atoms with Gasteiger partial charge in [-0.2, -0.15) is 0 Å². The molecule has 21 nitrogen and oxygen atoms in total. The number of carbonyl (C=O) groups excluding carboxylic acids is 4. The monoisotopic (exact) mass is 833 g/mol. The first kappa shape index (κ1) is 48.5. The fourth-order valence-corrected chi connectivity index (χ4v) is 6.91. The molecule has 0 aliphatic carbocycles. The van der Waals surface area contributed by atoms with Crippen LogP contribution in [0.15, 0.2) is 24.3 Å².